The van der Waals surface area contributed by atoms with Crippen LogP contribution in [-0.4, -0.2) is 21.0 Å². The molecule has 0 aliphatic rings. The van der Waals surface area contributed by atoms with Crippen LogP contribution in [0.2, 0.25) is 0 Å². The first-order chi connectivity index (χ1) is 12.1. The Kier molecular flexibility index (Phi) is 5.03. The number of carbonyl (C=O) groups is 1. The first-order valence-electron chi connectivity index (χ1n) is 7.87. The zero-order chi connectivity index (χ0) is 17.6. The second-order valence-electron chi connectivity index (χ2n) is 5.52. The first-order valence-corrected chi connectivity index (χ1v) is 7.87. The Balaban J connectivity index is 1.59. The van der Waals surface area contributed by atoms with E-state index in [1.165, 1.54) is 6.20 Å². The molecule has 0 unspecified atom stereocenters. The number of nitrogens with one attached hydrogen (secondary N) is 1. The number of aryl methyl sites for hydroxylation is 2. The molecule has 0 radical (unpaired) electrons. The van der Waals surface area contributed by atoms with Gasteiger partial charge in [0.05, 0.1) is 11.9 Å². The highest BCUT2D eigenvalue weighted by Gasteiger charge is 2.11. The third-order valence-corrected chi connectivity index (χ3v) is 3.66. The Morgan fingerprint density at radius 3 is 2.88 bits per heavy atom. The zero-order valence-corrected chi connectivity index (χ0v) is 14.0. The van der Waals surface area contributed by atoms with Crippen molar-refractivity contribution in [1.29, 1.82) is 0 Å². The average molecular weight is 338 g/mol. The lowest BCUT2D eigenvalue weighted by atomic mass is 10.1. The molecule has 0 aliphatic carbocycles. The molecule has 0 spiro atoms. The van der Waals surface area contributed by atoms with Gasteiger partial charge in [0, 0.05) is 36.1 Å². The van der Waals surface area contributed by atoms with Crippen molar-refractivity contribution in [3.63, 3.8) is 0 Å². The lowest BCUT2D eigenvalue weighted by molar-refractivity contribution is -0.116. The number of hydrogen-bond acceptors (Lipinski definition) is 6. The molecule has 0 bridgehead atoms. The number of anilines is 1. The maximum Gasteiger partial charge on any atom is 0.237 e. The lowest BCUT2D eigenvalue weighted by Gasteiger charge is -2.08. The summed E-state index contributed by atoms with van der Waals surface area (Å²) in [4.78, 5) is 20.2. The summed E-state index contributed by atoms with van der Waals surface area (Å²) in [6.45, 7) is 3.72. The largest absolute Gasteiger partial charge is 0.437 e. The molecule has 3 rings (SSSR count). The van der Waals surface area contributed by atoms with Gasteiger partial charge < -0.3 is 14.6 Å². The van der Waals surface area contributed by atoms with Crippen LogP contribution >= 0.6 is 0 Å². The molecular weight excluding hydrogens is 320 g/mol. The van der Waals surface area contributed by atoms with Crippen LogP contribution in [0.15, 0.2) is 47.4 Å². The minimum atomic E-state index is -0.0864. The molecule has 1 N–H and O–H groups in total. The second kappa shape index (κ2) is 7.57. The van der Waals surface area contributed by atoms with Crippen LogP contribution < -0.4 is 10.1 Å². The Labute approximate surface area is 145 Å². The number of nitrogens with zero attached hydrogens (tertiary/aromatic N) is 3. The molecule has 7 nitrogen and oxygen atoms in total. The number of ether oxygens (including phenoxy) is 1. The lowest BCUT2D eigenvalue weighted by Crippen LogP contribution is -2.12. The van der Waals surface area contributed by atoms with E-state index in [0.29, 0.717) is 30.2 Å². The molecule has 7 heteroatoms. The number of aromatic nitrogens is 3. The molecule has 25 heavy (non-hydrogen) atoms. The van der Waals surface area contributed by atoms with Gasteiger partial charge in [-0.05, 0) is 32.4 Å². The van der Waals surface area contributed by atoms with Crippen molar-refractivity contribution in [3.8, 4) is 11.6 Å². The highest BCUT2D eigenvalue weighted by Crippen LogP contribution is 2.22. The summed E-state index contributed by atoms with van der Waals surface area (Å²) >= 11 is 0. The second-order valence-corrected chi connectivity index (χ2v) is 5.52. The van der Waals surface area contributed by atoms with Crippen molar-refractivity contribution in [2.75, 3.05) is 5.32 Å². The fourth-order valence-corrected chi connectivity index (χ4v) is 2.42. The third-order valence-electron chi connectivity index (χ3n) is 3.66. The minimum Gasteiger partial charge on any atom is -0.437 e. The summed E-state index contributed by atoms with van der Waals surface area (Å²) in [6.07, 6.45) is 5.58. The Morgan fingerprint density at radius 1 is 1.28 bits per heavy atom. The molecule has 0 fully saturated rings. The van der Waals surface area contributed by atoms with Gasteiger partial charge in [-0.15, -0.1) is 0 Å². The molecule has 0 aliphatic heterocycles. The number of hydrogen-bond donors (Lipinski definition) is 1. The normalized spacial score (nSPS) is 10.5. The average Bonchev–Trinajstić information content (AvgIpc) is 2.92. The van der Waals surface area contributed by atoms with E-state index in [-0.39, 0.29) is 5.91 Å². The van der Waals surface area contributed by atoms with Crippen LogP contribution in [-0.2, 0) is 11.2 Å². The predicted octanol–water partition coefficient (Wildman–Crippen LogP) is 3.45. The van der Waals surface area contributed by atoms with Crippen molar-refractivity contribution in [1.82, 2.24) is 15.1 Å². The van der Waals surface area contributed by atoms with Crippen LogP contribution in [0.1, 0.15) is 23.4 Å². The van der Waals surface area contributed by atoms with E-state index in [0.717, 1.165) is 17.0 Å². The maximum atomic E-state index is 12.2. The smallest absolute Gasteiger partial charge is 0.237 e. The van der Waals surface area contributed by atoms with Gasteiger partial charge in [0.15, 0.2) is 0 Å². The number of carbonyl (C=O) groups excluding carboxylic acids is 1. The van der Waals surface area contributed by atoms with E-state index >= 15 is 0 Å². The monoisotopic (exact) mass is 338 g/mol. The Morgan fingerprint density at radius 2 is 2.16 bits per heavy atom. The van der Waals surface area contributed by atoms with Gasteiger partial charge in [0.2, 0.25) is 11.8 Å². The Hall–Kier alpha value is -3.22. The van der Waals surface area contributed by atoms with E-state index in [1.54, 1.807) is 36.7 Å². The first kappa shape index (κ1) is 16.6. The SMILES string of the molecule is Cc1noc(C)c1CCC(=O)Nc1cccc(Oc2cnccn2)c1. The predicted molar refractivity (Wildman–Crippen MR) is 91.5 cm³/mol. The molecule has 1 amide bonds. The topological polar surface area (TPSA) is 90.1 Å². The standard InChI is InChI=1S/C18H18N4O3/c1-12-16(13(2)25-22-12)6-7-17(23)21-14-4-3-5-15(10-14)24-18-11-19-8-9-20-18/h3-5,8-11H,6-7H2,1-2H3,(H,21,23). The van der Waals surface area contributed by atoms with Crippen molar-refractivity contribution in [2.24, 2.45) is 0 Å². The van der Waals surface area contributed by atoms with Gasteiger partial charge in [-0.3, -0.25) is 9.78 Å². The third kappa shape index (κ3) is 4.41. The summed E-state index contributed by atoms with van der Waals surface area (Å²) in [5, 5.41) is 6.76. The van der Waals surface area contributed by atoms with Crippen LogP contribution in [0.5, 0.6) is 11.6 Å². The van der Waals surface area contributed by atoms with Gasteiger partial charge in [0.1, 0.15) is 11.5 Å². The molecule has 2 heterocycles. The molecule has 0 atom stereocenters. The van der Waals surface area contributed by atoms with Crippen LogP contribution in [0.3, 0.4) is 0 Å². The van der Waals surface area contributed by atoms with Gasteiger partial charge in [-0.2, -0.15) is 0 Å². The molecule has 2 aromatic heterocycles. The summed E-state index contributed by atoms with van der Waals surface area (Å²) < 4.78 is 10.7. The molecule has 128 valence electrons. The van der Waals surface area contributed by atoms with E-state index in [1.807, 2.05) is 13.8 Å². The molecule has 1 aromatic carbocycles. The molecule has 0 saturated carbocycles. The minimum absolute atomic E-state index is 0.0864. The van der Waals surface area contributed by atoms with Crippen molar-refractivity contribution >= 4 is 11.6 Å². The number of amides is 1. The zero-order valence-electron chi connectivity index (χ0n) is 14.0. The molecular formula is C18H18N4O3. The molecule has 3 aromatic rings. The van der Waals surface area contributed by atoms with Gasteiger partial charge in [-0.25, -0.2) is 4.98 Å². The van der Waals surface area contributed by atoms with Gasteiger partial charge in [0.25, 0.3) is 0 Å². The number of benzene rings is 1. The van der Waals surface area contributed by atoms with Crippen molar-refractivity contribution in [2.45, 2.75) is 26.7 Å². The van der Waals surface area contributed by atoms with Gasteiger partial charge >= 0.3 is 0 Å². The fraction of sp³-hybridized carbons (Fsp3) is 0.222. The van der Waals surface area contributed by atoms with Crippen molar-refractivity contribution < 1.29 is 14.1 Å². The highest BCUT2D eigenvalue weighted by molar-refractivity contribution is 5.91. The summed E-state index contributed by atoms with van der Waals surface area (Å²) in [5.74, 6) is 1.63. The van der Waals surface area contributed by atoms with Crippen molar-refractivity contribution in [3.05, 3.63) is 59.9 Å². The highest BCUT2D eigenvalue weighted by atomic mass is 16.5. The number of rotatable bonds is 6. The maximum absolute atomic E-state index is 12.2. The summed E-state index contributed by atoms with van der Waals surface area (Å²) in [7, 11) is 0. The fourth-order valence-electron chi connectivity index (χ4n) is 2.42. The molecule has 0 saturated heterocycles. The van der Waals surface area contributed by atoms with Crippen LogP contribution in [0, 0.1) is 13.8 Å². The van der Waals surface area contributed by atoms with E-state index < -0.39 is 0 Å². The summed E-state index contributed by atoms with van der Waals surface area (Å²) in [6, 6.07) is 7.13. The van der Waals surface area contributed by atoms with E-state index in [9.17, 15) is 4.79 Å². The van der Waals surface area contributed by atoms with Gasteiger partial charge in [-0.1, -0.05) is 11.2 Å². The van der Waals surface area contributed by atoms with Crippen LogP contribution in [0.4, 0.5) is 5.69 Å². The summed E-state index contributed by atoms with van der Waals surface area (Å²) in [5.41, 5.74) is 2.46. The van der Waals surface area contributed by atoms with E-state index in [4.69, 9.17) is 9.26 Å². The quantitative estimate of drug-likeness (QED) is 0.740. The Bertz CT molecular complexity index is 842. The van der Waals surface area contributed by atoms with E-state index in [2.05, 4.69) is 20.4 Å². The van der Waals surface area contributed by atoms with Crippen LogP contribution in [0.25, 0.3) is 0 Å².